The summed E-state index contributed by atoms with van der Waals surface area (Å²) in [4.78, 5) is 26.1. The molecule has 0 unspecified atom stereocenters. The van der Waals surface area contributed by atoms with Gasteiger partial charge in [0.25, 0.3) is 0 Å². The Morgan fingerprint density at radius 1 is 1.40 bits per heavy atom. The largest absolute Gasteiger partial charge is 0.294 e. The number of carbonyl (C=O) groups excluding carboxylic acids is 2. The third-order valence-corrected chi connectivity index (χ3v) is 2.70. The summed E-state index contributed by atoms with van der Waals surface area (Å²) in [6.07, 6.45) is 1.69. The number of amides is 2. The first-order valence-electron chi connectivity index (χ1n) is 4.46. The van der Waals surface area contributed by atoms with E-state index in [1.807, 2.05) is 6.92 Å². The lowest BCUT2D eigenvalue weighted by atomic mass is 10.3. The zero-order chi connectivity index (χ0) is 11.3. The Balaban J connectivity index is 2.63. The molecule has 0 aliphatic carbocycles. The molecule has 0 aromatic rings. The predicted octanol–water partition coefficient (Wildman–Crippen LogP) is 0.153. The molecule has 80 valence electrons. The van der Waals surface area contributed by atoms with Gasteiger partial charge in [0.15, 0.2) is 3.92 Å². The third kappa shape index (κ3) is 3.51. The number of hydrogen-bond donors (Lipinski definition) is 2. The minimum Gasteiger partial charge on any atom is -0.294 e. The van der Waals surface area contributed by atoms with E-state index in [0.717, 1.165) is 12.8 Å². The monoisotopic (exact) mass is 319 g/mol. The van der Waals surface area contributed by atoms with Crippen LogP contribution in [-0.4, -0.2) is 21.7 Å². The van der Waals surface area contributed by atoms with E-state index in [4.69, 9.17) is 0 Å². The van der Waals surface area contributed by atoms with Gasteiger partial charge in [-0.05, 0) is 6.42 Å². The summed E-state index contributed by atoms with van der Waals surface area (Å²) in [5.74, 6) is 2.16. The van der Waals surface area contributed by atoms with Crippen LogP contribution in [0.1, 0.15) is 19.8 Å². The van der Waals surface area contributed by atoms with Crippen LogP contribution in [0, 0.1) is 12.0 Å². The molecular weight excluding hydrogens is 309 g/mol. The number of halogens is 1. The third-order valence-electron chi connectivity index (χ3n) is 1.57. The van der Waals surface area contributed by atoms with Crippen LogP contribution in [0.4, 0.5) is 0 Å². The van der Waals surface area contributed by atoms with Gasteiger partial charge in [0.05, 0.1) is 0 Å². The van der Waals surface area contributed by atoms with Crippen LogP contribution in [0.15, 0.2) is 4.99 Å². The molecule has 1 aliphatic heterocycles. The van der Waals surface area contributed by atoms with Gasteiger partial charge in [-0.3, -0.25) is 20.2 Å². The maximum Gasteiger partial charge on any atom is 0.249 e. The van der Waals surface area contributed by atoms with E-state index in [9.17, 15) is 9.59 Å². The number of hydrogen-bond acceptors (Lipinski definition) is 3. The van der Waals surface area contributed by atoms with E-state index in [1.54, 1.807) is 22.6 Å². The first kappa shape index (κ1) is 12.0. The summed E-state index contributed by atoms with van der Waals surface area (Å²) in [6, 6.07) is 2.52. The normalized spacial score (nSPS) is 19.9. The molecule has 15 heavy (non-hydrogen) atoms. The number of unbranched alkanes of at least 4 members (excludes halogenated alkanes) is 1. The van der Waals surface area contributed by atoms with Crippen LogP contribution in [0.25, 0.3) is 0 Å². The van der Waals surface area contributed by atoms with Crippen molar-refractivity contribution in [2.75, 3.05) is 0 Å². The standard InChI is InChI=1S/C9H10IN3O2/c1-2-3-4-5-11-9-12-7(14)6(10)8(15)13-9/h6H,2-3H2,1H3,(H2,11,12,13,14,15). The smallest absolute Gasteiger partial charge is 0.249 e. The van der Waals surface area contributed by atoms with Crippen molar-refractivity contribution in [1.82, 2.24) is 10.6 Å². The number of nitrogens with zero attached hydrogens (tertiary/aromatic N) is 1. The maximum absolute atomic E-state index is 11.2. The zero-order valence-electron chi connectivity index (χ0n) is 8.13. The second-order valence-corrected chi connectivity index (χ2v) is 4.09. The van der Waals surface area contributed by atoms with Gasteiger partial charge in [-0.15, -0.1) is 0 Å². The topological polar surface area (TPSA) is 70.6 Å². The van der Waals surface area contributed by atoms with Gasteiger partial charge in [-0.1, -0.05) is 35.4 Å². The molecule has 2 amide bonds. The molecular formula is C9H10IN3O2. The Morgan fingerprint density at radius 2 is 2.00 bits per heavy atom. The number of nitrogens with one attached hydrogen (secondary N) is 2. The fourth-order valence-electron chi connectivity index (χ4n) is 0.843. The first-order chi connectivity index (χ1) is 7.15. The first-order valence-corrected chi connectivity index (χ1v) is 5.71. The van der Waals surface area contributed by atoms with E-state index in [1.165, 1.54) is 0 Å². The highest BCUT2D eigenvalue weighted by atomic mass is 127. The lowest BCUT2D eigenvalue weighted by Crippen LogP contribution is -2.57. The predicted molar refractivity (Wildman–Crippen MR) is 64.2 cm³/mol. The molecule has 1 fully saturated rings. The highest BCUT2D eigenvalue weighted by molar-refractivity contribution is 14.1. The molecule has 6 heteroatoms. The lowest BCUT2D eigenvalue weighted by Gasteiger charge is -2.18. The number of rotatable bonds is 1. The molecule has 0 aromatic carbocycles. The van der Waals surface area contributed by atoms with Crippen molar-refractivity contribution in [3.63, 3.8) is 0 Å². The van der Waals surface area contributed by atoms with Crippen LogP contribution < -0.4 is 10.6 Å². The molecule has 2 N–H and O–H groups in total. The average Bonchev–Trinajstić information content (AvgIpc) is 2.21. The Hall–Kier alpha value is -1.10. The molecule has 0 aromatic heterocycles. The van der Waals surface area contributed by atoms with Gasteiger partial charge in [-0.2, -0.15) is 4.99 Å². The van der Waals surface area contributed by atoms with Crippen LogP contribution in [0.2, 0.25) is 0 Å². The lowest BCUT2D eigenvalue weighted by molar-refractivity contribution is -0.127. The summed E-state index contributed by atoms with van der Waals surface area (Å²) < 4.78 is -0.704. The highest BCUT2D eigenvalue weighted by Crippen LogP contribution is 2.03. The molecule has 0 bridgehead atoms. The van der Waals surface area contributed by atoms with Gasteiger partial charge in [0.2, 0.25) is 17.8 Å². The van der Waals surface area contributed by atoms with Crippen molar-refractivity contribution in [2.45, 2.75) is 23.7 Å². The highest BCUT2D eigenvalue weighted by Gasteiger charge is 2.30. The van der Waals surface area contributed by atoms with Crippen LogP contribution in [0.3, 0.4) is 0 Å². The average molecular weight is 319 g/mol. The van der Waals surface area contributed by atoms with Crippen LogP contribution >= 0.6 is 22.6 Å². The summed E-state index contributed by atoms with van der Waals surface area (Å²) in [5, 5.41) is 4.89. The van der Waals surface area contributed by atoms with E-state index >= 15 is 0 Å². The van der Waals surface area contributed by atoms with E-state index in [0.29, 0.717) is 0 Å². The molecule has 0 atom stereocenters. The Morgan fingerprint density at radius 3 is 2.53 bits per heavy atom. The maximum atomic E-state index is 11.2. The van der Waals surface area contributed by atoms with Crippen LogP contribution in [0.5, 0.6) is 0 Å². The number of carbonyl (C=O) groups is 2. The SMILES string of the molecule is CCCC#CN=C1NC(=O)C(I)C(=O)N1. The Labute approximate surface area is 101 Å². The second-order valence-electron chi connectivity index (χ2n) is 2.84. The van der Waals surface area contributed by atoms with Crippen molar-refractivity contribution < 1.29 is 9.59 Å². The summed E-state index contributed by atoms with van der Waals surface area (Å²) >= 11 is 1.75. The molecule has 5 nitrogen and oxygen atoms in total. The van der Waals surface area contributed by atoms with Crippen molar-refractivity contribution in [1.29, 1.82) is 0 Å². The molecule has 0 saturated carbocycles. The zero-order valence-corrected chi connectivity index (χ0v) is 10.3. The number of alkyl halides is 1. The van der Waals surface area contributed by atoms with Gasteiger partial charge < -0.3 is 0 Å². The summed E-state index contributed by atoms with van der Waals surface area (Å²) in [5.41, 5.74) is 0. The molecule has 0 radical (unpaired) electrons. The van der Waals surface area contributed by atoms with E-state index in [-0.39, 0.29) is 17.8 Å². The summed E-state index contributed by atoms with van der Waals surface area (Å²) in [7, 11) is 0. The van der Waals surface area contributed by atoms with Gasteiger partial charge in [0, 0.05) is 12.5 Å². The second kappa shape index (κ2) is 5.70. The van der Waals surface area contributed by atoms with E-state index in [2.05, 4.69) is 27.6 Å². The minimum absolute atomic E-state index is 0.113. The van der Waals surface area contributed by atoms with Crippen molar-refractivity contribution in [3.05, 3.63) is 0 Å². The Kier molecular flexibility index (Phi) is 4.55. The molecule has 1 rings (SSSR count). The minimum atomic E-state index is -0.704. The number of guanidine groups is 1. The van der Waals surface area contributed by atoms with Crippen LogP contribution in [-0.2, 0) is 9.59 Å². The van der Waals surface area contributed by atoms with Crippen molar-refractivity contribution >= 4 is 40.4 Å². The van der Waals surface area contributed by atoms with Crippen molar-refractivity contribution in [2.24, 2.45) is 4.99 Å². The Bertz CT molecular complexity index is 347. The quantitative estimate of drug-likeness (QED) is 0.313. The molecule has 1 aliphatic rings. The number of aliphatic imine (C=N–C) groups is 1. The van der Waals surface area contributed by atoms with Gasteiger partial charge in [0.1, 0.15) is 0 Å². The van der Waals surface area contributed by atoms with Gasteiger partial charge >= 0.3 is 0 Å². The van der Waals surface area contributed by atoms with Crippen molar-refractivity contribution in [3.8, 4) is 12.0 Å². The fraction of sp³-hybridized carbons (Fsp3) is 0.444. The molecule has 0 spiro atoms. The fourth-order valence-corrected chi connectivity index (χ4v) is 1.15. The summed E-state index contributed by atoms with van der Waals surface area (Å²) in [6.45, 7) is 2.01. The molecule has 1 heterocycles. The molecule has 1 saturated heterocycles. The van der Waals surface area contributed by atoms with E-state index < -0.39 is 3.92 Å². The van der Waals surface area contributed by atoms with Gasteiger partial charge in [-0.25, -0.2) is 0 Å².